The SMILES string of the molecule is COc1ccc(/C=C(/C#N)c2ccc([N+](=O)[O-])cc2)c2ccccc12. The number of hydrogen-bond donors (Lipinski definition) is 0. The van der Waals surface area contributed by atoms with Crippen LogP contribution >= 0.6 is 0 Å². The van der Waals surface area contributed by atoms with E-state index in [9.17, 15) is 15.4 Å². The Morgan fingerprint density at radius 1 is 1.08 bits per heavy atom. The van der Waals surface area contributed by atoms with Crippen LogP contribution in [0.15, 0.2) is 60.7 Å². The van der Waals surface area contributed by atoms with Crippen molar-refractivity contribution >= 4 is 28.1 Å². The second-order valence-electron chi connectivity index (χ2n) is 5.38. The summed E-state index contributed by atoms with van der Waals surface area (Å²) in [4.78, 5) is 10.3. The van der Waals surface area contributed by atoms with E-state index in [-0.39, 0.29) is 5.69 Å². The summed E-state index contributed by atoms with van der Waals surface area (Å²) in [6, 6.07) is 19.7. The first-order valence-electron chi connectivity index (χ1n) is 7.56. The van der Waals surface area contributed by atoms with E-state index in [0.717, 1.165) is 22.1 Å². The summed E-state index contributed by atoms with van der Waals surface area (Å²) in [5.74, 6) is 0.765. The van der Waals surface area contributed by atoms with Gasteiger partial charge in [-0.1, -0.05) is 30.3 Å². The van der Waals surface area contributed by atoms with Crippen molar-refractivity contribution in [1.82, 2.24) is 0 Å². The minimum atomic E-state index is -0.462. The van der Waals surface area contributed by atoms with Gasteiger partial charge in [0.25, 0.3) is 5.69 Å². The molecule has 5 heteroatoms. The predicted octanol–water partition coefficient (Wildman–Crippen LogP) is 4.82. The molecule has 3 aromatic rings. The summed E-state index contributed by atoms with van der Waals surface area (Å²) in [6.07, 6.45) is 1.78. The molecule has 0 amide bonds. The van der Waals surface area contributed by atoms with Crippen LogP contribution in [-0.2, 0) is 0 Å². The molecular weight excluding hydrogens is 316 g/mol. The third kappa shape index (κ3) is 3.19. The molecule has 25 heavy (non-hydrogen) atoms. The minimum absolute atomic E-state index is 0.00376. The number of non-ortho nitro benzene ring substituents is 1. The van der Waals surface area contributed by atoms with Gasteiger partial charge in [0.05, 0.1) is 23.7 Å². The molecule has 3 aromatic carbocycles. The molecule has 0 atom stereocenters. The Kier molecular flexibility index (Phi) is 4.44. The maximum atomic E-state index is 10.8. The molecule has 122 valence electrons. The van der Waals surface area contributed by atoms with Crippen molar-refractivity contribution in [2.24, 2.45) is 0 Å². The van der Waals surface area contributed by atoms with Gasteiger partial charge in [-0.2, -0.15) is 5.26 Å². The summed E-state index contributed by atoms with van der Waals surface area (Å²) in [5.41, 5.74) is 1.94. The fourth-order valence-electron chi connectivity index (χ4n) is 2.70. The molecule has 5 nitrogen and oxygen atoms in total. The number of allylic oxidation sites excluding steroid dienone is 1. The largest absolute Gasteiger partial charge is 0.496 e. The quantitative estimate of drug-likeness (QED) is 0.297. The smallest absolute Gasteiger partial charge is 0.269 e. The summed E-state index contributed by atoms with van der Waals surface area (Å²) < 4.78 is 5.38. The zero-order valence-corrected chi connectivity index (χ0v) is 13.5. The number of nitro benzene ring substituents is 1. The van der Waals surface area contributed by atoms with Gasteiger partial charge in [0.2, 0.25) is 0 Å². The Morgan fingerprint density at radius 3 is 2.36 bits per heavy atom. The Hall–Kier alpha value is -3.65. The van der Waals surface area contributed by atoms with Crippen LogP contribution in [0, 0.1) is 21.4 Å². The molecule has 0 aromatic heterocycles. The van der Waals surface area contributed by atoms with Gasteiger partial charge in [-0.3, -0.25) is 10.1 Å². The molecule has 0 N–H and O–H groups in total. The van der Waals surface area contributed by atoms with Crippen LogP contribution in [-0.4, -0.2) is 12.0 Å². The number of nitriles is 1. The molecule has 0 fully saturated rings. The third-order valence-corrected chi connectivity index (χ3v) is 3.95. The number of ether oxygens (including phenoxy) is 1. The molecule has 0 aliphatic heterocycles. The Bertz CT molecular complexity index is 1020. The molecule has 0 unspecified atom stereocenters. The van der Waals surface area contributed by atoms with Crippen LogP contribution in [0.4, 0.5) is 5.69 Å². The number of fused-ring (bicyclic) bond motifs is 1. The zero-order valence-electron chi connectivity index (χ0n) is 13.5. The van der Waals surface area contributed by atoms with E-state index in [4.69, 9.17) is 4.74 Å². The van der Waals surface area contributed by atoms with Crippen LogP contribution in [0.2, 0.25) is 0 Å². The Labute approximate surface area is 144 Å². The zero-order chi connectivity index (χ0) is 17.8. The first kappa shape index (κ1) is 16.2. The topological polar surface area (TPSA) is 76.2 Å². The molecule has 0 spiro atoms. The van der Waals surface area contributed by atoms with Gasteiger partial charge in [0.1, 0.15) is 5.75 Å². The highest BCUT2D eigenvalue weighted by molar-refractivity contribution is 6.00. The van der Waals surface area contributed by atoms with Crippen molar-refractivity contribution in [3.63, 3.8) is 0 Å². The number of benzene rings is 3. The molecule has 3 rings (SSSR count). The van der Waals surface area contributed by atoms with E-state index >= 15 is 0 Å². The lowest BCUT2D eigenvalue weighted by atomic mass is 9.99. The lowest BCUT2D eigenvalue weighted by molar-refractivity contribution is -0.384. The number of rotatable bonds is 4. The molecule has 0 aliphatic carbocycles. The lowest BCUT2D eigenvalue weighted by Crippen LogP contribution is -1.89. The molecule has 0 radical (unpaired) electrons. The Morgan fingerprint density at radius 2 is 1.76 bits per heavy atom. The standard InChI is InChI=1S/C20H14N2O3/c1-25-20-11-8-15(18-4-2-3-5-19(18)20)12-16(13-21)14-6-9-17(10-7-14)22(23)24/h2-12H,1H3/b16-12-. The van der Waals surface area contributed by atoms with E-state index in [0.29, 0.717) is 11.1 Å². The fourth-order valence-corrected chi connectivity index (χ4v) is 2.70. The maximum absolute atomic E-state index is 10.8. The highest BCUT2D eigenvalue weighted by Crippen LogP contribution is 2.31. The van der Waals surface area contributed by atoms with Gasteiger partial charge in [0, 0.05) is 17.5 Å². The summed E-state index contributed by atoms with van der Waals surface area (Å²) in [6.45, 7) is 0. The van der Waals surface area contributed by atoms with E-state index in [1.807, 2.05) is 36.4 Å². The monoisotopic (exact) mass is 330 g/mol. The molecule has 0 heterocycles. The van der Waals surface area contributed by atoms with Gasteiger partial charge >= 0.3 is 0 Å². The van der Waals surface area contributed by atoms with Gasteiger partial charge < -0.3 is 4.74 Å². The fraction of sp³-hybridized carbons (Fsp3) is 0.0500. The molecular formula is C20H14N2O3. The van der Waals surface area contributed by atoms with Crippen molar-refractivity contribution in [3.05, 3.63) is 81.9 Å². The van der Waals surface area contributed by atoms with Crippen molar-refractivity contribution < 1.29 is 9.66 Å². The summed E-state index contributed by atoms with van der Waals surface area (Å²) in [5, 5.41) is 22.2. The molecule has 0 aliphatic rings. The molecule has 0 saturated heterocycles. The maximum Gasteiger partial charge on any atom is 0.269 e. The van der Waals surface area contributed by atoms with Crippen LogP contribution in [0.25, 0.3) is 22.4 Å². The average Bonchev–Trinajstić information content (AvgIpc) is 2.66. The highest BCUT2D eigenvalue weighted by Gasteiger charge is 2.09. The number of hydrogen-bond acceptors (Lipinski definition) is 4. The average molecular weight is 330 g/mol. The van der Waals surface area contributed by atoms with Crippen LogP contribution in [0.5, 0.6) is 5.75 Å². The van der Waals surface area contributed by atoms with Crippen LogP contribution in [0.3, 0.4) is 0 Å². The van der Waals surface area contributed by atoms with Gasteiger partial charge in [-0.25, -0.2) is 0 Å². The van der Waals surface area contributed by atoms with E-state index in [1.165, 1.54) is 12.1 Å². The van der Waals surface area contributed by atoms with Crippen molar-refractivity contribution in [2.45, 2.75) is 0 Å². The summed E-state index contributed by atoms with van der Waals surface area (Å²) >= 11 is 0. The van der Waals surface area contributed by atoms with Gasteiger partial charge in [-0.05, 0) is 40.8 Å². The highest BCUT2D eigenvalue weighted by atomic mass is 16.6. The van der Waals surface area contributed by atoms with Gasteiger partial charge in [0.15, 0.2) is 0 Å². The molecule has 0 saturated carbocycles. The van der Waals surface area contributed by atoms with E-state index in [2.05, 4.69) is 6.07 Å². The second kappa shape index (κ2) is 6.85. The molecule has 0 bridgehead atoms. The third-order valence-electron chi connectivity index (χ3n) is 3.95. The number of nitrogens with zero attached hydrogens (tertiary/aromatic N) is 2. The van der Waals surface area contributed by atoms with Crippen molar-refractivity contribution in [2.75, 3.05) is 7.11 Å². The number of methoxy groups -OCH3 is 1. The predicted molar refractivity (Wildman–Crippen MR) is 97.1 cm³/mol. The summed E-state index contributed by atoms with van der Waals surface area (Å²) in [7, 11) is 1.62. The lowest BCUT2D eigenvalue weighted by Gasteiger charge is -2.08. The first-order chi connectivity index (χ1) is 12.1. The first-order valence-corrected chi connectivity index (χ1v) is 7.56. The van der Waals surface area contributed by atoms with Crippen LogP contribution < -0.4 is 4.74 Å². The second-order valence-corrected chi connectivity index (χ2v) is 5.38. The van der Waals surface area contributed by atoms with Crippen LogP contribution in [0.1, 0.15) is 11.1 Å². The van der Waals surface area contributed by atoms with Crippen molar-refractivity contribution in [3.8, 4) is 11.8 Å². The van der Waals surface area contributed by atoms with Gasteiger partial charge in [-0.15, -0.1) is 0 Å². The number of nitro groups is 1. The van der Waals surface area contributed by atoms with E-state index < -0.39 is 4.92 Å². The normalized spacial score (nSPS) is 11.1. The Balaban J connectivity index is 2.11. The van der Waals surface area contributed by atoms with E-state index in [1.54, 1.807) is 25.3 Å². The minimum Gasteiger partial charge on any atom is -0.496 e. The van der Waals surface area contributed by atoms with Crippen molar-refractivity contribution in [1.29, 1.82) is 5.26 Å².